The van der Waals surface area contributed by atoms with Crippen LogP contribution in [0.3, 0.4) is 0 Å². The summed E-state index contributed by atoms with van der Waals surface area (Å²) >= 11 is 6.38. The van der Waals surface area contributed by atoms with E-state index in [1.54, 1.807) is 6.21 Å². The van der Waals surface area contributed by atoms with Crippen LogP contribution in [-0.2, 0) is 11.2 Å². The van der Waals surface area contributed by atoms with E-state index in [1.165, 1.54) is 22.3 Å². The van der Waals surface area contributed by atoms with Crippen LogP contribution < -0.4 is 0 Å². The Morgan fingerprint density at radius 3 is 2.71 bits per heavy atom. The Hall–Kier alpha value is -1.20. The molecular formula is C12H12N2OS2. The molecule has 1 aliphatic rings. The first-order valence-electron chi connectivity index (χ1n) is 5.33. The molecular weight excluding hydrogens is 252 g/mol. The number of aryl methyl sites for hydroxylation is 1. The zero-order valence-corrected chi connectivity index (χ0v) is 11.1. The topological polar surface area (TPSA) is 32.7 Å². The van der Waals surface area contributed by atoms with E-state index in [2.05, 4.69) is 24.2 Å². The molecule has 1 saturated heterocycles. The van der Waals surface area contributed by atoms with E-state index in [0.717, 1.165) is 12.0 Å². The first-order chi connectivity index (χ1) is 8.20. The summed E-state index contributed by atoms with van der Waals surface area (Å²) in [5, 5.41) is 5.39. The molecule has 0 aromatic heterocycles. The standard InChI is InChI=1S/C12H12N2OS2/c1-2-9-3-5-10(6-4-9)7-13-14-11(15)8-17-12(14)16/h3-7H,2,8H2,1H3. The number of hydrazone groups is 1. The summed E-state index contributed by atoms with van der Waals surface area (Å²) in [6.45, 7) is 2.11. The number of hydrogen-bond acceptors (Lipinski definition) is 4. The number of nitrogens with zero attached hydrogens (tertiary/aromatic N) is 2. The fraction of sp³-hybridized carbons (Fsp3) is 0.250. The Morgan fingerprint density at radius 1 is 1.47 bits per heavy atom. The van der Waals surface area contributed by atoms with Crippen molar-refractivity contribution < 1.29 is 4.79 Å². The van der Waals surface area contributed by atoms with Crippen molar-refractivity contribution in [2.24, 2.45) is 5.10 Å². The predicted octanol–water partition coefficient (Wildman–Crippen LogP) is 2.44. The SMILES string of the molecule is CCc1ccc(C=NN2C(=O)CSC2=S)cc1. The van der Waals surface area contributed by atoms with E-state index in [-0.39, 0.29) is 5.91 Å². The van der Waals surface area contributed by atoms with Gasteiger partial charge in [-0.3, -0.25) is 4.79 Å². The van der Waals surface area contributed by atoms with Crippen molar-refractivity contribution in [1.82, 2.24) is 5.01 Å². The number of benzene rings is 1. The largest absolute Gasteiger partial charge is 0.272 e. The molecule has 0 saturated carbocycles. The second-order valence-electron chi connectivity index (χ2n) is 3.60. The van der Waals surface area contributed by atoms with Crippen molar-refractivity contribution in [3.8, 4) is 0 Å². The van der Waals surface area contributed by atoms with Crippen LogP contribution in [0.4, 0.5) is 0 Å². The predicted molar refractivity (Wildman–Crippen MR) is 75.3 cm³/mol. The number of rotatable bonds is 3. The van der Waals surface area contributed by atoms with Crippen molar-refractivity contribution in [2.75, 3.05) is 5.75 Å². The van der Waals surface area contributed by atoms with Gasteiger partial charge in [0.05, 0.1) is 12.0 Å². The van der Waals surface area contributed by atoms with E-state index in [9.17, 15) is 4.79 Å². The van der Waals surface area contributed by atoms with Crippen molar-refractivity contribution in [3.05, 3.63) is 35.4 Å². The molecule has 0 radical (unpaired) electrons. The Labute approximate surface area is 110 Å². The molecule has 1 aromatic carbocycles. The van der Waals surface area contributed by atoms with E-state index < -0.39 is 0 Å². The van der Waals surface area contributed by atoms with Gasteiger partial charge < -0.3 is 0 Å². The van der Waals surface area contributed by atoms with Gasteiger partial charge in [-0.25, -0.2) is 0 Å². The molecule has 0 unspecified atom stereocenters. The molecule has 3 nitrogen and oxygen atoms in total. The van der Waals surface area contributed by atoms with Gasteiger partial charge in [-0.15, -0.1) is 0 Å². The monoisotopic (exact) mass is 264 g/mol. The quantitative estimate of drug-likeness (QED) is 0.621. The summed E-state index contributed by atoms with van der Waals surface area (Å²) < 4.78 is 0.524. The molecule has 0 N–H and O–H groups in total. The van der Waals surface area contributed by atoms with Crippen molar-refractivity contribution in [1.29, 1.82) is 0 Å². The molecule has 1 aromatic rings. The minimum absolute atomic E-state index is 0.0542. The third-order valence-electron chi connectivity index (χ3n) is 2.44. The Morgan fingerprint density at radius 2 is 2.18 bits per heavy atom. The maximum absolute atomic E-state index is 11.4. The van der Waals surface area contributed by atoms with Crippen LogP contribution in [0, 0.1) is 0 Å². The molecule has 0 aliphatic carbocycles. The third-order valence-corrected chi connectivity index (χ3v) is 3.78. The lowest BCUT2D eigenvalue weighted by molar-refractivity contribution is -0.123. The number of carbonyl (C=O) groups is 1. The maximum atomic E-state index is 11.4. The lowest BCUT2D eigenvalue weighted by Crippen LogP contribution is -2.22. The normalized spacial score (nSPS) is 16.2. The van der Waals surface area contributed by atoms with Crippen LogP contribution >= 0.6 is 24.0 Å². The zero-order valence-electron chi connectivity index (χ0n) is 9.42. The highest BCUT2D eigenvalue weighted by atomic mass is 32.2. The molecule has 2 rings (SSSR count). The van der Waals surface area contributed by atoms with Gasteiger partial charge in [-0.1, -0.05) is 55.2 Å². The second kappa shape index (κ2) is 5.42. The average molecular weight is 264 g/mol. The van der Waals surface area contributed by atoms with Crippen LogP contribution in [0.15, 0.2) is 29.4 Å². The first kappa shape index (κ1) is 12.3. The van der Waals surface area contributed by atoms with E-state index >= 15 is 0 Å². The molecule has 1 aliphatic heterocycles. The Balaban J connectivity index is 2.09. The van der Waals surface area contributed by atoms with Gasteiger partial charge in [0, 0.05) is 0 Å². The van der Waals surface area contributed by atoms with Crippen LogP contribution in [0.25, 0.3) is 0 Å². The van der Waals surface area contributed by atoms with Crippen LogP contribution in [0.1, 0.15) is 18.1 Å². The van der Waals surface area contributed by atoms with Crippen LogP contribution in [-0.4, -0.2) is 27.2 Å². The van der Waals surface area contributed by atoms with Crippen molar-refractivity contribution >= 4 is 40.4 Å². The third kappa shape index (κ3) is 2.92. The highest BCUT2D eigenvalue weighted by Gasteiger charge is 2.25. The fourth-order valence-corrected chi connectivity index (χ4v) is 2.39. The van der Waals surface area contributed by atoms with Gasteiger partial charge in [0.1, 0.15) is 0 Å². The number of thiocarbonyl (C=S) groups is 1. The van der Waals surface area contributed by atoms with Crippen molar-refractivity contribution in [3.63, 3.8) is 0 Å². The molecule has 1 amide bonds. The van der Waals surface area contributed by atoms with Crippen LogP contribution in [0.2, 0.25) is 0 Å². The van der Waals surface area contributed by atoms with Crippen LogP contribution in [0.5, 0.6) is 0 Å². The van der Waals surface area contributed by atoms with Gasteiger partial charge in [0.25, 0.3) is 5.91 Å². The summed E-state index contributed by atoms with van der Waals surface area (Å²) in [4.78, 5) is 11.4. The number of hydrogen-bond donors (Lipinski definition) is 0. The first-order valence-corrected chi connectivity index (χ1v) is 6.72. The molecule has 0 spiro atoms. The molecule has 1 fully saturated rings. The van der Waals surface area contributed by atoms with Gasteiger partial charge in [-0.05, 0) is 17.5 Å². The van der Waals surface area contributed by atoms with E-state index in [4.69, 9.17) is 12.2 Å². The second-order valence-corrected chi connectivity index (χ2v) is 5.21. The summed E-state index contributed by atoms with van der Waals surface area (Å²) in [7, 11) is 0. The van der Waals surface area contributed by atoms with Crippen molar-refractivity contribution in [2.45, 2.75) is 13.3 Å². The zero-order chi connectivity index (χ0) is 12.3. The van der Waals surface area contributed by atoms with Gasteiger partial charge >= 0.3 is 0 Å². The summed E-state index contributed by atoms with van der Waals surface area (Å²) in [5.41, 5.74) is 2.25. The minimum Gasteiger partial charge on any atom is -0.272 e. The number of thioether (sulfide) groups is 1. The van der Waals surface area contributed by atoms with E-state index in [1.807, 2.05) is 12.1 Å². The summed E-state index contributed by atoms with van der Waals surface area (Å²) in [6, 6.07) is 8.08. The molecule has 0 atom stereocenters. The van der Waals surface area contributed by atoms with Gasteiger partial charge in [-0.2, -0.15) is 10.1 Å². The average Bonchev–Trinajstić information content (AvgIpc) is 2.67. The summed E-state index contributed by atoms with van der Waals surface area (Å²) in [6.07, 6.45) is 2.68. The lowest BCUT2D eigenvalue weighted by atomic mass is 10.1. The highest BCUT2D eigenvalue weighted by molar-refractivity contribution is 8.23. The molecule has 1 heterocycles. The highest BCUT2D eigenvalue weighted by Crippen LogP contribution is 2.19. The Kier molecular flexibility index (Phi) is 3.91. The molecule has 17 heavy (non-hydrogen) atoms. The lowest BCUT2D eigenvalue weighted by Gasteiger charge is -2.06. The smallest absolute Gasteiger partial charge is 0.259 e. The Bertz CT molecular complexity index is 452. The number of carbonyl (C=O) groups excluding carboxylic acids is 1. The summed E-state index contributed by atoms with van der Waals surface area (Å²) in [5.74, 6) is 0.340. The maximum Gasteiger partial charge on any atom is 0.259 e. The van der Waals surface area contributed by atoms with E-state index in [0.29, 0.717) is 10.1 Å². The molecule has 88 valence electrons. The number of amides is 1. The minimum atomic E-state index is -0.0542. The van der Waals surface area contributed by atoms with Gasteiger partial charge in [0.2, 0.25) is 0 Å². The molecule has 0 bridgehead atoms. The fourth-order valence-electron chi connectivity index (χ4n) is 1.42. The van der Waals surface area contributed by atoms with Gasteiger partial charge in [0.15, 0.2) is 4.32 Å². The molecule has 5 heteroatoms.